The Bertz CT molecular complexity index is 1200. The van der Waals surface area contributed by atoms with Crippen molar-refractivity contribution < 1.29 is 19.0 Å². The highest BCUT2D eigenvalue weighted by atomic mass is 16.5. The first-order chi connectivity index (χ1) is 14.6. The zero-order valence-electron chi connectivity index (χ0n) is 16.6. The molecule has 2 aliphatic rings. The molecule has 154 valence electrons. The summed E-state index contributed by atoms with van der Waals surface area (Å²) in [5.74, 6) is 1.08. The zero-order valence-corrected chi connectivity index (χ0v) is 16.6. The second-order valence-corrected chi connectivity index (χ2v) is 7.62. The van der Waals surface area contributed by atoms with Gasteiger partial charge in [-0.05, 0) is 48.9 Å². The van der Waals surface area contributed by atoms with Gasteiger partial charge in [0.05, 0.1) is 18.6 Å². The summed E-state index contributed by atoms with van der Waals surface area (Å²) < 4.78 is 17.3. The van der Waals surface area contributed by atoms with Crippen LogP contribution in [0.5, 0.6) is 17.4 Å². The summed E-state index contributed by atoms with van der Waals surface area (Å²) in [5, 5.41) is 9.58. The van der Waals surface area contributed by atoms with Crippen LogP contribution in [0.25, 0.3) is 0 Å². The molecule has 0 bridgehead atoms. The fourth-order valence-electron chi connectivity index (χ4n) is 4.41. The topological polar surface area (TPSA) is 108 Å². The highest BCUT2D eigenvalue weighted by Crippen LogP contribution is 2.50. The van der Waals surface area contributed by atoms with E-state index in [1.54, 1.807) is 7.11 Å². The molecular weight excluding hydrogens is 384 g/mol. The number of rotatable bonds is 3. The van der Waals surface area contributed by atoms with Gasteiger partial charge in [0.1, 0.15) is 18.1 Å². The van der Waals surface area contributed by atoms with Crippen LogP contribution in [-0.2, 0) is 19.4 Å². The van der Waals surface area contributed by atoms with E-state index < -0.39 is 12.5 Å². The molecule has 0 radical (unpaired) electrons. The Morgan fingerprint density at radius 1 is 1.27 bits per heavy atom. The van der Waals surface area contributed by atoms with Gasteiger partial charge in [-0.2, -0.15) is 0 Å². The van der Waals surface area contributed by atoms with Crippen LogP contribution < -0.4 is 20.6 Å². The van der Waals surface area contributed by atoms with Gasteiger partial charge in [-0.3, -0.25) is 4.79 Å². The third-order valence-corrected chi connectivity index (χ3v) is 5.83. The number of aliphatic hydroxyl groups is 1. The molecule has 30 heavy (non-hydrogen) atoms. The number of aryl methyl sites for hydroxylation is 1. The van der Waals surface area contributed by atoms with E-state index >= 15 is 0 Å². The second kappa shape index (κ2) is 7.18. The summed E-state index contributed by atoms with van der Waals surface area (Å²) in [7, 11) is 1.60. The molecule has 3 aromatic rings. The molecule has 5 rings (SSSR count). The molecule has 0 fully saturated rings. The van der Waals surface area contributed by atoms with Crippen molar-refractivity contribution in [3.05, 3.63) is 74.5 Å². The van der Waals surface area contributed by atoms with E-state index in [2.05, 4.69) is 0 Å². The average molecular weight is 406 g/mol. The van der Waals surface area contributed by atoms with Gasteiger partial charge in [-0.25, -0.2) is 4.98 Å². The molecule has 1 aromatic carbocycles. The molecule has 0 saturated heterocycles. The van der Waals surface area contributed by atoms with E-state index in [0.29, 0.717) is 28.6 Å². The summed E-state index contributed by atoms with van der Waals surface area (Å²) in [6, 6.07) is 8.78. The first-order valence-electron chi connectivity index (χ1n) is 10.0. The van der Waals surface area contributed by atoms with Crippen LogP contribution in [0.15, 0.2) is 39.5 Å². The predicted octanol–water partition coefficient (Wildman–Crippen LogP) is 3.28. The molecule has 1 aliphatic carbocycles. The van der Waals surface area contributed by atoms with Crippen molar-refractivity contribution >= 4 is 5.69 Å². The maximum absolute atomic E-state index is 12.7. The monoisotopic (exact) mass is 406 g/mol. The Morgan fingerprint density at radius 3 is 2.90 bits per heavy atom. The minimum absolute atomic E-state index is 0.0789. The number of nitrogen functional groups attached to an aromatic ring is 1. The molecule has 0 amide bonds. The van der Waals surface area contributed by atoms with Crippen LogP contribution in [0, 0.1) is 0 Å². The van der Waals surface area contributed by atoms with Gasteiger partial charge in [0.2, 0.25) is 17.1 Å². The van der Waals surface area contributed by atoms with Gasteiger partial charge in [-0.15, -0.1) is 0 Å². The van der Waals surface area contributed by atoms with Crippen LogP contribution >= 0.6 is 0 Å². The number of nitrogens with zero attached hydrogens (tertiary/aromatic N) is 1. The Hall–Kier alpha value is -3.32. The van der Waals surface area contributed by atoms with E-state index in [4.69, 9.17) is 24.6 Å². The van der Waals surface area contributed by atoms with E-state index in [1.807, 2.05) is 24.3 Å². The van der Waals surface area contributed by atoms with Crippen molar-refractivity contribution in [2.24, 2.45) is 0 Å². The van der Waals surface area contributed by atoms with Crippen LogP contribution in [0.2, 0.25) is 0 Å². The van der Waals surface area contributed by atoms with Crippen LogP contribution in [0.3, 0.4) is 0 Å². The summed E-state index contributed by atoms with van der Waals surface area (Å²) in [5.41, 5.74) is 10.4. The average Bonchev–Trinajstić information content (AvgIpc) is 2.78. The van der Waals surface area contributed by atoms with Crippen molar-refractivity contribution in [2.75, 3.05) is 12.8 Å². The number of anilines is 1. The molecule has 3 heterocycles. The SMILES string of the molecule is COc1cccc(C2c3oc(CO)cc(=O)c3Oc3nc4c(c(N)c32)CCCC4)c1. The van der Waals surface area contributed by atoms with Gasteiger partial charge < -0.3 is 24.7 Å². The van der Waals surface area contributed by atoms with Crippen LogP contribution in [0.4, 0.5) is 5.69 Å². The van der Waals surface area contributed by atoms with E-state index in [-0.39, 0.29) is 16.9 Å². The van der Waals surface area contributed by atoms with Gasteiger partial charge in [0, 0.05) is 17.4 Å². The fraction of sp³-hybridized carbons (Fsp3) is 0.304. The Labute approximate surface area is 173 Å². The van der Waals surface area contributed by atoms with Crippen molar-refractivity contribution in [3.8, 4) is 17.4 Å². The number of fused-ring (bicyclic) bond motifs is 3. The maximum Gasteiger partial charge on any atom is 0.228 e. The third-order valence-electron chi connectivity index (χ3n) is 5.83. The molecular formula is C23H22N2O5. The molecule has 0 spiro atoms. The van der Waals surface area contributed by atoms with Gasteiger partial charge >= 0.3 is 0 Å². The highest BCUT2D eigenvalue weighted by Gasteiger charge is 2.38. The smallest absolute Gasteiger partial charge is 0.228 e. The molecule has 1 aliphatic heterocycles. The van der Waals surface area contributed by atoms with Crippen LogP contribution in [-0.4, -0.2) is 17.2 Å². The molecule has 7 heteroatoms. The lowest BCUT2D eigenvalue weighted by Crippen LogP contribution is -2.23. The highest BCUT2D eigenvalue weighted by molar-refractivity contribution is 5.68. The Morgan fingerprint density at radius 2 is 2.10 bits per heavy atom. The minimum atomic E-state index is -0.502. The standard InChI is InChI=1S/C23H22N2O5/c1-28-13-6-4-5-12(9-13)18-19-20(24)15-7-2-3-8-16(15)25-23(19)30-21-17(27)10-14(11-26)29-22(18)21/h4-6,9-10,18,26H,2-3,7-8,11H2,1H3,(H2,24,25). The van der Waals surface area contributed by atoms with Crippen molar-refractivity contribution in [1.82, 2.24) is 4.98 Å². The number of hydrogen-bond donors (Lipinski definition) is 2. The molecule has 2 aromatic heterocycles. The van der Waals surface area contributed by atoms with Gasteiger partial charge in [0.25, 0.3) is 0 Å². The van der Waals surface area contributed by atoms with Gasteiger partial charge in [0.15, 0.2) is 5.76 Å². The molecule has 1 unspecified atom stereocenters. The van der Waals surface area contributed by atoms with Crippen molar-refractivity contribution in [3.63, 3.8) is 0 Å². The van der Waals surface area contributed by atoms with Crippen molar-refractivity contribution in [2.45, 2.75) is 38.2 Å². The maximum atomic E-state index is 12.7. The largest absolute Gasteiger partial charge is 0.497 e. The number of pyridine rings is 1. The fourth-order valence-corrected chi connectivity index (χ4v) is 4.41. The normalized spacial score (nSPS) is 16.8. The summed E-state index contributed by atoms with van der Waals surface area (Å²) in [6.45, 7) is -0.391. The summed E-state index contributed by atoms with van der Waals surface area (Å²) in [6.07, 6.45) is 3.81. The third kappa shape index (κ3) is 2.85. The second-order valence-electron chi connectivity index (χ2n) is 7.62. The lowest BCUT2D eigenvalue weighted by molar-refractivity contribution is 0.233. The van der Waals surface area contributed by atoms with Crippen molar-refractivity contribution in [1.29, 1.82) is 0 Å². The lowest BCUT2D eigenvalue weighted by atomic mass is 9.83. The van der Waals surface area contributed by atoms with Crippen LogP contribution in [0.1, 0.15) is 52.7 Å². The number of methoxy groups -OCH3 is 1. The predicted molar refractivity (Wildman–Crippen MR) is 110 cm³/mol. The summed E-state index contributed by atoms with van der Waals surface area (Å²) >= 11 is 0. The lowest BCUT2D eigenvalue weighted by Gasteiger charge is -2.30. The molecule has 1 atom stereocenters. The number of benzene rings is 1. The Kier molecular flexibility index (Phi) is 4.47. The number of ether oxygens (including phenoxy) is 2. The quantitative estimate of drug-likeness (QED) is 0.537. The van der Waals surface area contributed by atoms with E-state index in [1.165, 1.54) is 6.07 Å². The first kappa shape index (κ1) is 18.7. The van der Waals surface area contributed by atoms with E-state index in [0.717, 1.165) is 42.5 Å². The molecule has 7 nitrogen and oxygen atoms in total. The van der Waals surface area contributed by atoms with Gasteiger partial charge in [-0.1, -0.05) is 12.1 Å². The number of nitrogens with two attached hydrogens (primary N) is 1. The number of aromatic nitrogens is 1. The summed E-state index contributed by atoms with van der Waals surface area (Å²) in [4.78, 5) is 17.5. The number of aliphatic hydroxyl groups excluding tert-OH is 1. The first-order valence-corrected chi connectivity index (χ1v) is 10.0. The minimum Gasteiger partial charge on any atom is -0.497 e. The molecule has 0 saturated carbocycles. The zero-order chi connectivity index (χ0) is 20.8. The number of hydrogen-bond acceptors (Lipinski definition) is 7. The Balaban J connectivity index is 1.82. The molecule has 3 N–H and O–H groups in total. The van der Waals surface area contributed by atoms with E-state index in [9.17, 15) is 9.90 Å².